The highest BCUT2D eigenvalue weighted by atomic mass is 79.9. The van der Waals surface area contributed by atoms with Crippen LogP contribution in [0.4, 0.5) is 11.4 Å². The molecule has 0 unspecified atom stereocenters. The van der Waals surface area contributed by atoms with Crippen molar-refractivity contribution in [1.29, 1.82) is 0 Å². The zero-order valence-corrected chi connectivity index (χ0v) is 14.2. The van der Waals surface area contributed by atoms with Crippen LogP contribution in [0.15, 0.2) is 45.3 Å². The maximum absolute atomic E-state index is 12.2. The van der Waals surface area contributed by atoms with Crippen molar-refractivity contribution in [3.05, 3.63) is 66.0 Å². The van der Waals surface area contributed by atoms with Gasteiger partial charge in [0.05, 0.1) is 21.2 Å². The molecule has 108 valence electrons. The second kappa shape index (κ2) is 6.55. The number of halogens is 3. The Morgan fingerprint density at radius 1 is 1.19 bits per heavy atom. The van der Waals surface area contributed by atoms with E-state index in [9.17, 15) is 14.9 Å². The molecule has 8 heteroatoms. The van der Waals surface area contributed by atoms with Gasteiger partial charge >= 0.3 is 0 Å². The SMILES string of the molecule is O=C(Nc1ccc([N+](=O)[O-])cc1Cl)c1ccc(Br)cc1Br. The Morgan fingerprint density at radius 2 is 1.90 bits per heavy atom. The normalized spacial score (nSPS) is 10.2. The first kappa shape index (κ1) is 15.9. The van der Waals surface area contributed by atoms with E-state index in [2.05, 4.69) is 37.2 Å². The molecule has 2 rings (SSSR count). The van der Waals surface area contributed by atoms with E-state index >= 15 is 0 Å². The number of amides is 1. The van der Waals surface area contributed by atoms with Crippen LogP contribution in [-0.4, -0.2) is 10.8 Å². The first-order valence-electron chi connectivity index (χ1n) is 5.59. The average molecular weight is 434 g/mol. The van der Waals surface area contributed by atoms with Gasteiger partial charge in [-0.15, -0.1) is 0 Å². The summed E-state index contributed by atoms with van der Waals surface area (Å²) in [6.07, 6.45) is 0. The number of carbonyl (C=O) groups excluding carboxylic acids is 1. The standard InChI is InChI=1S/C13H7Br2ClN2O3/c14-7-1-3-9(10(15)5-7)13(19)17-12-4-2-8(18(20)21)6-11(12)16/h1-6H,(H,17,19). The van der Waals surface area contributed by atoms with Crippen molar-refractivity contribution in [1.82, 2.24) is 0 Å². The van der Waals surface area contributed by atoms with Crippen molar-refractivity contribution in [2.24, 2.45) is 0 Å². The molecule has 0 bridgehead atoms. The van der Waals surface area contributed by atoms with E-state index in [-0.39, 0.29) is 16.6 Å². The number of nitrogens with one attached hydrogen (secondary N) is 1. The molecule has 1 N–H and O–H groups in total. The van der Waals surface area contributed by atoms with Crippen LogP contribution in [-0.2, 0) is 0 Å². The Labute approximate surface area is 141 Å². The van der Waals surface area contributed by atoms with Crippen molar-refractivity contribution in [3.8, 4) is 0 Å². The highest BCUT2D eigenvalue weighted by molar-refractivity contribution is 9.11. The summed E-state index contributed by atoms with van der Waals surface area (Å²) in [6.45, 7) is 0. The molecule has 0 aliphatic carbocycles. The Bertz CT molecular complexity index is 737. The van der Waals surface area contributed by atoms with Gasteiger partial charge in [-0.05, 0) is 40.2 Å². The van der Waals surface area contributed by atoms with E-state index in [1.807, 2.05) is 0 Å². The second-order valence-corrected chi connectivity index (χ2v) is 6.18. The van der Waals surface area contributed by atoms with Crippen LogP contribution in [0.25, 0.3) is 0 Å². The molecule has 0 radical (unpaired) electrons. The summed E-state index contributed by atoms with van der Waals surface area (Å²) in [5, 5.41) is 13.4. The molecule has 0 saturated heterocycles. The molecule has 0 spiro atoms. The second-order valence-electron chi connectivity index (χ2n) is 4.00. The fraction of sp³-hybridized carbons (Fsp3) is 0. The molecule has 2 aromatic rings. The number of non-ortho nitro benzene ring substituents is 1. The first-order chi connectivity index (χ1) is 9.88. The van der Waals surface area contributed by atoms with Gasteiger partial charge in [0.2, 0.25) is 0 Å². The molecule has 0 aromatic heterocycles. The van der Waals surface area contributed by atoms with E-state index < -0.39 is 4.92 Å². The van der Waals surface area contributed by atoms with Crippen LogP contribution >= 0.6 is 43.5 Å². The molecule has 0 aliphatic rings. The fourth-order valence-electron chi connectivity index (χ4n) is 1.58. The lowest BCUT2D eigenvalue weighted by Crippen LogP contribution is -2.13. The molecular formula is C13H7Br2ClN2O3. The lowest BCUT2D eigenvalue weighted by atomic mass is 10.2. The number of carbonyl (C=O) groups is 1. The highest BCUT2D eigenvalue weighted by Crippen LogP contribution is 2.28. The average Bonchev–Trinajstić information content (AvgIpc) is 2.40. The molecule has 21 heavy (non-hydrogen) atoms. The van der Waals surface area contributed by atoms with Crippen LogP contribution in [0.1, 0.15) is 10.4 Å². The predicted octanol–water partition coefficient (Wildman–Crippen LogP) is 5.03. The first-order valence-corrected chi connectivity index (χ1v) is 7.55. The van der Waals surface area contributed by atoms with Gasteiger partial charge < -0.3 is 5.32 Å². The minimum absolute atomic E-state index is 0.103. The molecular weight excluding hydrogens is 427 g/mol. The van der Waals surface area contributed by atoms with Crippen molar-refractivity contribution in [3.63, 3.8) is 0 Å². The maximum Gasteiger partial charge on any atom is 0.271 e. The van der Waals surface area contributed by atoms with E-state index in [0.717, 1.165) is 4.47 Å². The largest absolute Gasteiger partial charge is 0.321 e. The van der Waals surface area contributed by atoms with Crippen molar-refractivity contribution < 1.29 is 9.72 Å². The van der Waals surface area contributed by atoms with Gasteiger partial charge in [-0.3, -0.25) is 14.9 Å². The van der Waals surface area contributed by atoms with Gasteiger partial charge in [0.1, 0.15) is 0 Å². The zero-order chi connectivity index (χ0) is 15.6. The van der Waals surface area contributed by atoms with Gasteiger partial charge in [0, 0.05) is 21.1 Å². The number of hydrogen-bond donors (Lipinski definition) is 1. The molecule has 0 aliphatic heterocycles. The van der Waals surface area contributed by atoms with Crippen LogP contribution in [0.2, 0.25) is 5.02 Å². The van der Waals surface area contributed by atoms with E-state index in [4.69, 9.17) is 11.6 Å². The number of rotatable bonds is 3. The Kier molecular flexibility index (Phi) is 4.97. The van der Waals surface area contributed by atoms with E-state index in [1.54, 1.807) is 18.2 Å². The highest BCUT2D eigenvalue weighted by Gasteiger charge is 2.14. The molecule has 1 amide bonds. The van der Waals surface area contributed by atoms with Gasteiger partial charge in [0.25, 0.3) is 11.6 Å². The molecule has 0 heterocycles. The van der Waals surface area contributed by atoms with Crippen molar-refractivity contribution in [2.45, 2.75) is 0 Å². The third-order valence-corrected chi connectivity index (χ3v) is 4.05. The summed E-state index contributed by atoms with van der Waals surface area (Å²) < 4.78 is 1.45. The molecule has 5 nitrogen and oxygen atoms in total. The Morgan fingerprint density at radius 3 is 2.48 bits per heavy atom. The summed E-state index contributed by atoms with van der Waals surface area (Å²) >= 11 is 12.5. The molecule has 0 atom stereocenters. The van der Waals surface area contributed by atoms with Crippen LogP contribution < -0.4 is 5.32 Å². The van der Waals surface area contributed by atoms with Crippen molar-refractivity contribution in [2.75, 3.05) is 5.32 Å². The van der Waals surface area contributed by atoms with Crippen LogP contribution in [0.3, 0.4) is 0 Å². The predicted molar refractivity (Wildman–Crippen MR) is 87.9 cm³/mol. The number of benzene rings is 2. The minimum atomic E-state index is -0.553. The van der Waals surface area contributed by atoms with Crippen LogP contribution in [0, 0.1) is 10.1 Å². The number of nitro groups is 1. The number of hydrogen-bond acceptors (Lipinski definition) is 3. The number of nitro benzene ring substituents is 1. The summed E-state index contributed by atoms with van der Waals surface area (Å²) in [6, 6.07) is 8.98. The van der Waals surface area contributed by atoms with Crippen molar-refractivity contribution >= 4 is 60.7 Å². The quantitative estimate of drug-likeness (QED) is 0.544. The monoisotopic (exact) mass is 432 g/mol. The summed E-state index contributed by atoms with van der Waals surface area (Å²) in [5.41, 5.74) is 0.595. The topological polar surface area (TPSA) is 72.2 Å². The Hall–Kier alpha value is -1.44. The number of anilines is 1. The fourth-order valence-corrected chi connectivity index (χ4v) is 3.03. The molecule has 2 aromatic carbocycles. The van der Waals surface area contributed by atoms with Gasteiger partial charge in [-0.25, -0.2) is 0 Å². The van der Waals surface area contributed by atoms with E-state index in [0.29, 0.717) is 15.7 Å². The van der Waals surface area contributed by atoms with Gasteiger partial charge in [-0.1, -0.05) is 27.5 Å². The maximum atomic E-state index is 12.2. The third-order valence-electron chi connectivity index (χ3n) is 2.59. The Balaban J connectivity index is 2.25. The van der Waals surface area contributed by atoms with E-state index in [1.165, 1.54) is 18.2 Å². The third kappa shape index (κ3) is 3.81. The van der Waals surface area contributed by atoms with Gasteiger partial charge in [-0.2, -0.15) is 0 Å². The smallest absolute Gasteiger partial charge is 0.271 e. The summed E-state index contributed by atoms with van der Waals surface area (Å²) in [5.74, 6) is -0.370. The van der Waals surface area contributed by atoms with Crippen LogP contribution in [0.5, 0.6) is 0 Å². The lowest BCUT2D eigenvalue weighted by Gasteiger charge is -2.08. The lowest BCUT2D eigenvalue weighted by molar-refractivity contribution is -0.384. The summed E-state index contributed by atoms with van der Waals surface area (Å²) in [4.78, 5) is 22.2. The zero-order valence-electron chi connectivity index (χ0n) is 10.3. The molecule has 0 saturated carbocycles. The summed E-state index contributed by atoms with van der Waals surface area (Å²) in [7, 11) is 0. The molecule has 0 fully saturated rings. The minimum Gasteiger partial charge on any atom is -0.321 e. The number of nitrogens with zero attached hydrogens (tertiary/aromatic N) is 1. The van der Waals surface area contributed by atoms with Gasteiger partial charge in [0.15, 0.2) is 0 Å².